The van der Waals surface area contributed by atoms with Crippen molar-refractivity contribution in [3.63, 3.8) is 0 Å². The number of nitrogens with one attached hydrogen (secondary N) is 1. The Kier molecular flexibility index (Phi) is 6.88. The van der Waals surface area contributed by atoms with Crippen LogP contribution in [0.5, 0.6) is 0 Å². The summed E-state index contributed by atoms with van der Waals surface area (Å²) in [6.07, 6.45) is -1.49. The van der Waals surface area contributed by atoms with Crippen LogP contribution in [0, 0.1) is 17.6 Å². The van der Waals surface area contributed by atoms with Gasteiger partial charge in [0.15, 0.2) is 0 Å². The summed E-state index contributed by atoms with van der Waals surface area (Å²) in [5.41, 5.74) is -1.56. The quantitative estimate of drug-likeness (QED) is 0.366. The highest BCUT2D eigenvalue weighted by Crippen LogP contribution is 2.38. The third-order valence-corrected chi connectivity index (χ3v) is 5.48. The maximum absolute atomic E-state index is 13.5. The van der Waals surface area contributed by atoms with Crippen molar-refractivity contribution in [2.45, 2.75) is 24.6 Å². The Hall–Kier alpha value is -2.94. The molecule has 0 aliphatic heterocycles. The van der Waals surface area contributed by atoms with Gasteiger partial charge in [-0.1, -0.05) is 29.8 Å². The summed E-state index contributed by atoms with van der Waals surface area (Å²) in [5.74, 6) is -4.86. The van der Waals surface area contributed by atoms with E-state index in [9.17, 15) is 31.5 Å². The fourth-order valence-corrected chi connectivity index (χ4v) is 3.91. The normalized spacial score (nSPS) is 19.0. The van der Waals surface area contributed by atoms with Gasteiger partial charge in [0.05, 0.1) is 18.6 Å². The number of ether oxygens (including phenoxy) is 1. The van der Waals surface area contributed by atoms with E-state index in [0.717, 1.165) is 18.2 Å². The molecule has 3 rings (SSSR count). The molecule has 2 aromatic rings. The Balaban J connectivity index is 1.76. The van der Waals surface area contributed by atoms with E-state index in [-0.39, 0.29) is 17.0 Å². The van der Waals surface area contributed by atoms with Gasteiger partial charge in [-0.3, -0.25) is 9.59 Å². The fraction of sp³-hybridized carbons (Fsp3) is 0.273. The first kappa shape index (κ1) is 23.7. The first-order valence-corrected chi connectivity index (χ1v) is 9.77. The highest BCUT2D eigenvalue weighted by molar-refractivity contribution is 6.31. The number of carbonyl (C=O) groups is 2. The van der Waals surface area contributed by atoms with Crippen molar-refractivity contribution >= 4 is 23.5 Å². The van der Waals surface area contributed by atoms with Gasteiger partial charge in [0.25, 0.3) is 5.91 Å². The van der Waals surface area contributed by atoms with Gasteiger partial charge in [0, 0.05) is 16.6 Å². The molecule has 0 bridgehead atoms. The minimum atomic E-state index is -4.94. The molecule has 0 fully saturated rings. The zero-order chi connectivity index (χ0) is 23.6. The number of esters is 1. The lowest BCUT2D eigenvalue weighted by molar-refractivity contribution is -0.143. The standard InChI is InChI=1S/C22H17ClF5NO3/c1-32-21(31)19(15-6-4-13(24)10-17(15)23)11-2-5-14(8-11)29-20(30)12-3-7-18(25)16(9-12)22(26,27)28/h2-7,9-11,14,19H,8H2,1H3,(H,29,30). The molecule has 3 unspecified atom stereocenters. The van der Waals surface area contributed by atoms with Crippen LogP contribution in [0.2, 0.25) is 5.02 Å². The second-order valence-corrected chi connectivity index (χ2v) is 7.63. The minimum absolute atomic E-state index is 0.0345. The number of benzene rings is 2. The van der Waals surface area contributed by atoms with Crippen molar-refractivity contribution in [1.29, 1.82) is 0 Å². The molecular weight excluding hydrogens is 457 g/mol. The predicted molar refractivity (Wildman–Crippen MR) is 106 cm³/mol. The first-order chi connectivity index (χ1) is 15.0. The molecule has 0 aromatic heterocycles. The van der Waals surface area contributed by atoms with E-state index in [2.05, 4.69) is 5.32 Å². The molecule has 1 aliphatic rings. The Morgan fingerprint density at radius 3 is 2.47 bits per heavy atom. The molecule has 0 saturated heterocycles. The topological polar surface area (TPSA) is 55.4 Å². The highest BCUT2D eigenvalue weighted by Gasteiger charge is 2.37. The van der Waals surface area contributed by atoms with Crippen LogP contribution in [0.4, 0.5) is 22.0 Å². The number of amides is 1. The number of carbonyl (C=O) groups excluding carboxylic acids is 2. The van der Waals surface area contributed by atoms with Gasteiger partial charge < -0.3 is 10.1 Å². The van der Waals surface area contributed by atoms with Gasteiger partial charge in [-0.2, -0.15) is 13.2 Å². The maximum atomic E-state index is 13.5. The van der Waals surface area contributed by atoms with Gasteiger partial charge in [0.1, 0.15) is 11.6 Å². The van der Waals surface area contributed by atoms with E-state index in [0.29, 0.717) is 17.7 Å². The third-order valence-electron chi connectivity index (χ3n) is 5.15. The lowest BCUT2D eigenvalue weighted by atomic mass is 9.85. The summed E-state index contributed by atoms with van der Waals surface area (Å²) < 4.78 is 70.4. The molecule has 10 heteroatoms. The van der Waals surface area contributed by atoms with Crippen LogP contribution in [0.25, 0.3) is 0 Å². The van der Waals surface area contributed by atoms with Crippen molar-refractivity contribution in [2.24, 2.45) is 5.92 Å². The lowest BCUT2D eigenvalue weighted by Gasteiger charge is -2.23. The number of hydrogen-bond donors (Lipinski definition) is 1. The summed E-state index contributed by atoms with van der Waals surface area (Å²) in [7, 11) is 1.19. The zero-order valence-corrected chi connectivity index (χ0v) is 17.3. The summed E-state index contributed by atoms with van der Waals surface area (Å²) in [6.45, 7) is 0. The van der Waals surface area contributed by atoms with Gasteiger partial charge in [0.2, 0.25) is 0 Å². The molecule has 4 nitrogen and oxygen atoms in total. The maximum Gasteiger partial charge on any atom is 0.419 e. The van der Waals surface area contributed by atoms with E-state index in [1.807, 2.05) is 0 Å². The smallest absolute Gasteiger partial charge is 0.419 e. The van der Waals surface area contributed by atoms with Crippen LogP contribution >= 0.6 is 11.6 Å². The Morgan fingerprint density at radius 1 is 1.12 bits per heavy atom. The molecule has 1 N–H and O–H groups in total. The van der Waals surface area contributed by atoms with Crippen LogP contribution in [0.1, 0.15) is 33.8 Å². The average Bonchev–Trinajstić information content (AvgIpc) is 3.16. The van der Waals surface area contributed by atoms with Crippen LogP contribution in [0.3, 0.4) is 0 Å². The molecule has 3 atom stereocenters. The zero-order valence-electron chi connectivity index (χ0n) is 16.6. The Labute approximate surface area is 185 Å². The van der Waals surface area contributed by atoms with E-state index in [4.69, 9.17) is 16.3 Å². The monoisotopic (exact) mass is 473 g/mol. The van der Waals surface area contributed by atoms with Crippen LogP contribution in [-0.2, 0) is 15.7 Å². The van der Waals surface area contributed by atoms with Gasteiger partial charge in [-0.05, 0) is 48.2 Å². The number of rotatable bonds is 5. The number of methoxy groups -OCH3 is 1. The lowest BCUT2D eigenvalue weighted by Crippen LogP contribution is -2.34. The summed E-state index contributed by atoms with van der Waals surface area (Å²) in [5, 5.41) is 2.58. The third kappa shape index (κ3) is 5.09. The van der Waals surface area contributed by atoms with Gasteiger partial charge in [-0.25, -0.2) is 8.78 Å². The second kappa shape index (κ2) is 9.28. The van der Waals surface area contributed by atoms with Crippen LogP contribution in [-0.4, -0.2) is 25.0 Å². The van der Waals surface area contributed by atoms with Crippen LogP contribution in [0.15, 0.2) is 48.6 Å². The van der Waals surface area contributed by atoms with E-state index in [1.165, 1.54) is 13.2 Å². The fourth-order valence-electron chi connectivity index (χ4n) is 3.63. The highest BCUT2D eigenvalue weighted by atomic mass is 35.5. The second-order valence-electron chi connectivity index (χ2n) is 7.22. The summed E-state index contributed by atoms with van der Waals surface area (Å²) in [6, 6.07) is 4.95. The average molecular weight is 474 g/mol. The number of hydrogen-bond acceptors (Lipinski definition) is 3. The molecule has 0 spiro atoms. The van der Waals surface area contributed by atoms with E-state index >= 15 is 0 Å². The summed E-state index contributed by atoms with van der Waals surface area (Å²) >= 11 is 6.10. The van der Waals surface area contributed by atoms with Crippen molar-refractivity contribution in [1.82, 2.24) is 5.32 Å². The Morgan fingerprint density at radius 2 is 1.84 bits per heavy atom. The predicted octanol–water partition coefficient (Wildman–Crippen LogP) is 5.27. The number of allylic oxidation sites excluding steroid dienone is 1. The number of alkyl halides is 3. The molecule has 0 heterocycles. The minimum Gasteiger partial charge on any atom is -0.469 e. The van der Waals surface area contributed by atoms with Crippen molar-refractivity contribution in [3.05, 3.63) is 81.9 Å². The number of halogens is 6. The van der Waals surface area contributed by atoms with Crippen molar-refractivity contribution in [2.75, 3.05) is 7.11 Å². The van der Waals surface area contributed by atoms with Crippen molar-refractivity contribution in [3.8, 4) is 0 Å². The van der Waals surface area contributed by atoms with Gasteiger partial charge in [-0.15, -0.1) is 0 Å². The van der Waals surface area contributed by atoms with E-state index in [1.54, 1.807) is 12.2 Å². The molecular formula is C22H17ClF5NO3. The van der Waals surface area contributed by atoms with Gasteiger partial charge >= 0.3 is 12.1 Å². The summed E-state index contributed by atoms with van der Waals surface area (Å²) in [4.78, 5) is 24.8. The van der Waals surface area contributed by atoms with Crippen LogP contribution < -0.4 is 5.32 Å². The largest absolute Gasteiger partial charge is 0.469 e. The molecule has 0 radical (unpaired) electrons. The molecule has 0 saturated carbocycles. The Bertz CT molecular complexity index is 1070. The molecule has 32 heavy (non-hydrogen) atoms. The molecule has 1 amide bonds. The molecule has 1 aliphatic carbocycles. The van der Waals surface area contributed by atoms with Crippen molar-refractivity contribution < 1.29 is 36.3 Å². The van der Waals surface area contributed by atoms with E-state index < -0.39 is 53.1 Å². The SMILES string of the molecule is COC(=O)C(c1ccc(F)cc1Cl)C1C=CC(NC(=O)c2ccc(F)c(C(F)(F)F)c2)C1. The first-order valence-electron chi connectivity index (χ1n) is 9.40. The molecule has 2 aromatic carbocycles. The molecule has 170 valence electrons.